The average Bonchev–Trinajstić information content (AvgIpc) is 3.45. The molecule has 7 N–H and O–H groups in total. The van der Waals surface area contributed by atoms with Gasteiger partial charge in [-0.25, -0.2) is 9.59 Å². The fraction of sp³-hybridized carbons (Fsp3) is 0.800. The summed E-state index contributed by atoms with van der Waals surface area (Å²) in [7, 11) is 0. The van der Waals surface area contributed by atoms with E-state index in [0.29, 0.717) is 23.0 Å². The summed E-state index contributed by atoms with van der Waals surface area (Å²) >= 11 is 3.77. The highest BCUT2D eigenvalue weighted by Crippen LogP contribution is 2.34. The van der Waals surface area contributed by atoms with Gasteiger partial charge in [-0.05, 0) is 25.7 Å². The minimum atomic E-state index is -0.729. The summed E-state index contributed by atoms with van der Waals surface area (Å²) in [6, 6.07) is 0.956. The molecule has 0 spiro atoms. The van der Waals surface area contributed by atoms with E-state index in [4.69, 9.17) is 10.8 Å². The van der Waals surface area contributed by atoms with Crippen LogP contribution in [0.3, 0.4) is 0 Å². The van der Waals surface area contributed by atoms with Crippen molar-refractivity contribution in [2.24, 2.45) is 5.73 Å². The van der Waals surface area contributed by atoms with Crippen molar-refractivity contribution in [1.82, 2.24) is 21.3 Å². The molecule has 4 heterocycles. The van der Waals surface area contributed by atoms with Crippen molar-refractivity contribution in [3.63, 3.8) is 0 Å². The average molecular weight is 488 g/mol. The van der Waals surface area contributed by atoms with Crippen LogP contribution in [0.15, 0.2) is 0 Å². The molecule has 0 aromatic heterocycles. The van der Waals surface area contributed by atoms with E-state index >= 15 is 0 Å². The Morgan fingerprint density at radius 1 is 0.812 bits per heavy atom. The number of hydrogen-bond acceptors (Lipinski definition) is 6. The Bertz CT molecular complexity index is 654. The number of thioether (sulfide) groups is 2. The van der Waals surface area contributed by atoms with Gasteiger partial charge in [0.25, 0.3) is 0 Å². The van der Waals surface area contributed by atoms with Gasteiger partial charge in [0.15, 0.2) is 0 Å². The Balaban J connectivity index is 0.000000181. The number of fused-ring (bicyclic) bond motifs is 2. The third kappa shape index (κ3) is 7.09. The molecule has 0 aliphatic carbocycles. The molecule has 4 fully saturated rings. The number of hydrogen-bond donors (Lipinski definition) is 6. The number of carbonyl (C=O) groups is 4. The first-order valence-corrected chi connectivity index (χ1v) is 13.3. The predicted molar refractivity (Wildman–Crippen MR) is 125 cm³/mol. The Morgan fingerprint density at radius 3 is 1.72 bits per heavy atom. The van der Waals surface area contributed by atoms with Gasteiger partial charge in [0.2, 0.25) is 5.91 Å². The molecular weight excluding hydrogens is 454 g/mol. The Kier molecular flexibility index (Phi) is 9.21. The molecule has 32 heavy (non-hydrogen) atoms. The van der Waals surface area contributed by atoms with E-state index in [1.807, 2.05) is 23.5 Å². The maximum Gasteiger partial charge on any atom is 0.315 e. The van der Waals surface area contributed by atoms with Gasteiger partial charge in [-0.15, -0.1) is 0 Å². The van der Waals surface area contributed by atoms with Gasteiger partial charge in [-0.1, -0.05) is 12.8 Å². The summed E-state index contributed by atoms with van der Waals surface area (Å²) in [6.07, 6.45) is 6.24. The molecule has 10 nitrogen and oxygen atoms in total. The van der Waals surface area contributed by atoms with Crippen molar-refractivity contribution < 1.29 is 24.3 Å². The summed E-state index contributed by atoms with van der Waals surface area (Å²) in [6.45, 7) is 0. The lowest BCUT2D eigenvalue weighted by molar-refractivity contribution is -0.137. The zero-order valence-electron chi connectivity index (χ0n) is 18.0. The number of nitrogens with two attached hydrogens (primary N) is 1. The van der Waals surface area contributed by atoms with E-state index in [9.17, 15) is 19.2 Å². The second-order valence-corrected chi connectivity index (χ2v) is 11.1. The van der Waals surface area contributed by atoms with Crippen LogP contribution in [0.5, 0.6) is 0 Å². The van der Waals surface area contributed by atoms with Crippen LogP contribution in [-0.2, 0) is 9.59 Å². The van der Waals surface area contributed by atoms with Gasteiger partial charge >= 0.3 is 18.0 Å². The van der Waals surface area contributed by atoms with Gasteiger partial charge in [-0.3, -0.25) is 9.59 Å². The van der Waals surface area contributed by atoms with Crippen molar-refractivity contribution in [2.45, 2.75) is 86.0 Å². The number of amides is 5. The zero-order chi connectivity index (χ0) is 23.1. The number of aliphatic carboxylic acids is 1. The van der Waals surface area contributed by atoms with Crippen molar-refractivity contribution >= 4 is 47.5 Å². The van der Waals surface area contributed by atoms with Gasteiger partial charge in [0, 0.05) is 34.8 Å². The number of primary amides is 1. The smallest absolute Gasteiger partial charge is 0.315 e. The lowest BCUT2D eigenvalue weighted by Crippen LogP contribution is -2.36. The first kappa shape index (κ1) is 24.8. The van der Waals surface area contributed by atoms with E-state index in [1.54, 1.807) is 0 Å². The summed E-state index contributed by atoms with van der Waals surface area (Å²) in [5, 5.41) is 21.1. The lowest BCUT2D eigenvalue weighted by Gasteiger charge is -2.16. The van der Waals surface area contributed by atoms with E-state index in [0.717, 1.165) is 50.0 Å². The van der Waals surface area contributed by atoms with Crippen molar-refractivity contribution in [1.29, 1.82) is 0 Å². The molecule has 0 saturated carbocycles. The van der Waals surface area contributed by atoms with E-state index in [2.05, 4.69) is 21.3 Å². The summed E-state index contributed by atoms with van der Waals surface area (Å²) in [5.74, 6) is 0.997. The van der Waals surface area contributed by atoms with Crippen LogP contribution in [0.1, 0.15) is 51.4 Å². The fourth-order valence-corrected chi connectivity index (χ4v) is 7.64. The summed E-state index contributed by atoms with van der Waals surface area (Å²) in [5.41, 5.74) is 5.08. The molecule has 4 rings (SSSR count). The highest BCUT2D eigenvalue weighted by molar-refractivity contribution is 8.00. The van der Waals surface area contributed by atoms with Crippen LogP contribution < -0.4 is 27.0 Å². The number of urea groups is 2. The second kappa shape index (κ2) is 11.9. The van der Waals surface area contributed by atoms with Crippen LogP contribution in [0, 0.1) is 0 Å². The molecule has 5 amide bonds. The third-order valence-electron chi connectivity index (χ3n) is 6.17. The molecule has 180 valence electrons. The molecule has 0 bridgehead atoms. The van der Waals surface area contributed by atoms with E-state index < -0.39 is 5.97 Å². The Labute approximate surface area is 196 Å². The normalized spacial score (nSPS) is 32.0. The Morgan fingerprint density at radius 2 is 1.28 bits per heavy atom. The van der Waals surface area contributed by atoms with Crippen molar-refractivity contribution in [3.05, 3.63) is 0 Å². The van der Waals surface area contributed by atoms with Crippen LogP contribution in [-0.4, -0.2) is 75.2 Å². The van der Waals surface area contributed by atoms with E-state index in [1.165, 1.54) is 0 Å². The molecule has 12 heteroatoms. The predicted octanol–water partition coefficient (Wildman–Crippen LogP) is 0.994. The fourth-order valence-electron chi connectivity index (χ4n) is 4.55. The largest absolute Gasteiger partial charge is 0.481 e. The molecule has 0 aromatic carbocycles. The summed E-state index contributed by atoms with van der Waals surface area (Å²) < 4.78 is 0. The molecule has 0 radical (unpaired) electrons. The highest BCUT2D eigenvalue weighted by Gasteiger charge is 2.43. The maximum atomic E-state index is 11.1. The maximum absolute atomic E-state index is 11.1. The van der Waals surface area contributed by atoms with Crippen LogP contribution in [0.2, 0.25) is 0 Å². The number of nitrogens with one attached hydrogen (secondary N) is 4. The third-order valence-corrected chi connectivity index (χ3v) is 9.18. The SMILES string of the molecule is NC(=O)CCCC[C@@H]1SC[C@@H]2NC(=O)N[C@@H]21.O=C(O)CCCC[C@@H]1SC[C@@H]2NC(=O)N[C@@H]21. The molecule has 4 aliphatic rings. The lowest BCUT2D eigenvalue weighted by atomic mass is 10.0. The standard InChI is InChI=1S/C10H17N3O2S.C10H16N2O3S/c11-8(14)4-2-1-3-7-9-6(5-16-7)12-10(15)13-9;13-8(14)4-2-1-3-7-9-6(5-16-7)11-10(15)12-9/h6-7,9H,1-5H2,(H2,11,14)(H2,12,13,15);6-7,9H,1-5H2,(H,13,14)(H2,11,12,15)/t2*6-,7-,9-/m00/s1. The first-order valence-electron chi connectivity index (χ1n) is 11.2. The minimum Gasteiger partial charge on any atom is -0.481 e. The number of carbonyl (C=O) groups excluding carboxylic acids is 3. The van der Waals surface area contributed by atoms with Crippen LogP contribution in [0.4, 0.5) is 9.59 Å². The number of carboxylic acid groups (broad SMARTS) is 1. The molecule has 0 aromatic rings. The van der Waals surface area contributed by atoms with Crippen LogP contribution in [0.25, 0.3) is 0 Å². The zero-order valence-corrected chi connectivity index (χ0v) is 19.6. The van der Waals surface area contributed by atoms with Crippen LogP contribution >= 0.6 is 23.5 Å². The quantitative estimate of drug-likeness (QED) is 0.198. The topological polar surface area (TPSA) is 163 Å². The molecule has 6 atom stereocenters. The summed E-state index contributed by atoms with van der Waals surface area (Å²) in [4.78, 5) is 43.2. The molecule has 4 saturated heterocycles. The number of rotatable bonds is 10. The van der Waals surface area contributed by atoms with Gasteiger partial charge in [0.05, 0.1) is 24.2 Å². The van der Waals surface area contributed by atoms with Crippen molar-refractivity contribution in [2.75, 3.05) is 11.5 Å². The van der Waals surface area contributed by atoms with Crippen molar-refractivity contribution in [3.8, 4) is 0 Å². The Hall–Kier alpha value is -1.82. The first-order chi connectivity index (χ1) is 15.3. The molecule has 4 aliphatic heterocycles. The van der Waals surface area contributed by atoms with Gasteiger partial charge < -0.3 is 32.1 Å². The molecular formula is C20H33N5O5S2. The minimum absolute atomic E-state index is 0.0440. The monoisotopic (exact) mass is 487 g/mol. The van der Waals surface area contributed by atoms with E-state index in [-0.39, 0.29) is 42.5 Å². The highest BCUT2D eigenvalue weighted by atomic mass is 32.2. The van der Waals surface area contributed by atoms with Gasteiger partial charge in [0.1, 0.15) is 0 Å². The molecule has 0 unspecified atom stereocenters. The van der Waals surface area contributed by atoms with Gasteiger partial charge in [-0.2, -0.15) is 23.5 Å². The number of unbranched alkanes of at least 4 members (excludes halogenated alkanes) is 2. The second-order valence-electron chi connectivity index (χ2n) is 8.60. The number of carboxylic acids is 1.